The first kappa shape index (κ1) is 13.1. The number of nitrogens with one attached hydrogen (secondary N) is 1. The van der Waals surface area contributed by atoms with Crippen molar-refractivity contribution in [1.82, 2.24) is 10.2 Å². The Kier molecular flexibility index (Phi) is 4.74. The van der Waals surface area contributed by atoms with Crippen molar-refractivity contribution in [2.75, 3.05) is 13.1 Å². The Morgan fingerprint density at radius 3 is 2.94 bits per heavy atom. The second-order valence-electron chi connectivity index (χ2n) is 5.08. The quantitative estimate of drug-likeness (QED) is 0.880. The van der Waals surface area contributed by atoms with Crippen LogP contribution in [0.5, 0.6) is 0 Å². The summed E-state index contributed by atoms with van der Waals surface area (Å²) in [6.45, 7) is 5.14. The van der Waals surface area contributed by atoms with E-state index in [9.17, 15) is 0 Å². The van der Waals surface area contributed by atoms with E-state index in [0.717, 1.165) is 19.6 Å². The molecule has 1 heterocycles. The van der Waals surface area contributed by atoms with Gasteiger partial charge in [-0.1, -0.05) is 30.3 Å². The van der Waals surface area contributed by atoms with Gasteiger partial charge in [0.15, 0.2) is 0 Å². The first-order valence-electron chi connectivity index (χ1n) is 6.70. The monoisotopic (exact) mass is 243 g/mol. The molecule has 2 atom stereocenters. The molecule has 2 unspecified atom stereocenters. The lowest BCUT2D eigenvalue weighted by molar-refractivity contribution is 0.181. The Morgan fingerprint density at radius 1 is 1.44 bits per heavy atom. The molecule has 1 aromatic rings. The molecule has 96 valence electrons. The van der Waals surface area contributed by atoms with Gasteiger partial charge < -0.3 is 0 Å². The molecular weight excluding hydrogens is 222 g/mol. The summed E-state index contributed by atoms with van der Waals surface area (Å²) in [5.41, 5.74) is 1.37. The minimum Gasteiger partial charge on any atom is -0.298 e. The van der Waals surface area contributed by atoms with Crippen LogP contribution < -0.4 is 5.32 Å². The molecule has 0 spiro atoms. The molecule has 1 aromatic carbocycles. The average Bonchev–Trinajstić information content (AvgIpc) is 2.40. The molecule has 1 aliphatic heterocycles. The van der Waals surface area contributed by atoms with E-state index in [1.165, 1.54) is 18.4 Å². The molecule has 3 heteroatoms. The largest absolute Gasteiger partial charge is 0.298 e. The standard InChI is InChI=1S/C15H21N3/c1-13(10-16)17-15-8-5-9-18(12-15)11-14-6-3-2-4-7-14/h2-4,6-7,13,15,17H,5,8-9,11-12H2,1H3. The van der Waals surface area contributed by atoms with E-state index in [4.69, 9.17) is 5.26 Å². The Morgan fingerprint density at radius 2 is 2.22 bits per heavy atom. The van der Waals surface area contributed by atoms with E-state index in [-0.39, 0.29) is 6.04 Å². The van der Waals surface area contributed by atoms with Crippen molar-refractivity contribution in [2.24, 2.45) is 0 Å². The van der Waals surface area contributed by atoms with Crippen LogP contribution in [-0.2, 0) is 6.54 Å². The first-order chi connectivity index (χ1) is 8.78. The maximum absolute atomic E-state index is 8.84. The molecule has 0 aromatic heterocycles. The molecule has 3 nitrogen and oxygen atoms in total. The van der Waals surface area contributed by atoms with Crippen LogP contribution in [0.4, 0.5) is 0 Å². The molecule has 0 amide bonds. The third kappa shape index (κ3) is 3.83. The predicted molar refractivity (Wildman–Crippen MR) is 73.0 cm³/mol. The minimum atomic E-state index is -0.0494. The van der Waals surface area contributed by atoms with E-state index in [1.54, 1.807) is 0 Å². The van der Waals surface area contributed by atoms with Gasteiger partial charge in [-0.05, 0) is 31.9 Å². The van der Waals surface area contributed by atoms with E-state index in [2.05, 4.69) is 46.6 Å². The number of nitrogens with zero attached hydrogens (tertiary/aromatic N) is 2. The number of benzene rings is 1. The fourth-order valence-corrected chi connectivity index (χ4v) is 2.57. The lowest BCUT2D eigenvalue weighted by Crippen LogP contribution is -2.47. The maximum Gasteiger partial charge on any atom is 0.0927 e. The van der Waals surface area contributed by atoms with Crippen molar-refractivity contribution in [3.8, 4) is 6.07 Å². The Labute approximate surface area is 109 Å². The highest BCUT2D eigenvalue weighted by atomic mass is 15.2. The van der Waals surface area contributed by atoms with Crippen LogP contribution in [0.15, 0.2) is 30.3 Å². The van der Waals surface area contributed by atoms with Crippen molar-refractivity contribution in [3.63, 3.8) is 0 Å². The fourth-order valence-electron chi connectivity index (χ4n) is 2.57. The van der Waals surface area contributed by atoms with Gasteiger partial charge in [0.2, 0.25) is 0 Å². The Bertz CT molecular complexity index is 396. The lowest BCUT2D eigenvalue weighted by atomic mass is 10.0. The molecule has 1 saturated heterocycles. The number of likely N-dealkylation sites (tertiary alicyclic amines) is 1. The third-order valence-electron chi connectivity index (χ3n) is 3.43. The summed E-state index contributed by atoms with van der Waals surface area (Å²) in [4.78, 5) is 2.47. The zero-order chi connectivity index (χ0) is 12.8. The second-order valence-corrected chi connectivity index (χ2v) is 5.08. The van der Waals surface area contributed by atoms with Crippen LogP contribution in [0, 0.1) is 11.3 Å². The van der Waals surface area contributed by atoms with Crippen LogP contribution in [0.2, 0.25) is 0 Å². The first-order valence-corrected chi connectivity index (χ1v) is 6.70. The molecule has 1 N–H and O–H groups in total. The SMILES string of the molecule is CC(C#N)NC1CCCN(Cc2ccccc2)C1. The number of hydrogen-bond donors (Lipinski definition) is 1. The second kappa shape index (κ2) is 6.53. The molecular formula is C15H21N3. The highest BCUT2D eigenvalue weighted by Crippen LogP contribution is 2.14. The molecule has 0 bridgehead atoms. The molecule has 18 heavy (non-hydrogen) atoms. The summed E-state index contributed by atoms with van der Waals surface area (Å²) in [5.74, 6) is 0. The van der Waals surface area contributed by atoms with E-state index >= 15 is 0 Å². The van der Waals surface area contributed by atoms with Crippen LogP contribution in [0.3, 0.4) is 0 Å². The smallest absolute Gasteiger partial charge is 0.0927 e. The van der Waals surface area contributed by atoms with Crippen molar-refractivity contribution < 1.29 is 0 Å². The van der Waals surface area contributed by atoms with Gasteiger partial charge in [0.05, 0.1) is 12.1 Å². The summed E-state index contributed by atoms with van der Waals surface area (Å²) in [6.07, 6.45) is 2.39. The molecule has 1 aliphatic rings. The lowest BCUT2D eigenvalue weighted by Gasteiger charge is -2.33. The third-order valence-corrected chi connectivity index (χ3v) is 3.43. The van der Waals surface area contributed by atoms with Crippen LogP contribution in [-0.4, -0.2) is 30.1 Å². The summed E-state index contributed by atoms with van der Waals surface area (Å²) in [6, 6.07) is 13.2. The van der Waals surface area contributed by atoms with Crippen LogP contribution in [0.1, 0.15) is 25.3 Å². The minimum absolute atomic E-state index is 0.0494. The van der Waals surface area contributed by atoms with Crippen LogP contribution in [0.25, 0.3) is 0 Å². The number of piperidine rings is 1. The number of hydrogen-bond acceptors (Lipinski definition) is 3. The highest BCUT2D eigenvalue weighted by molar-refractivity contribution is 5.14. The molecule has 0 aliphatic carbocycles. The number of rotatable bonds is 4. The zero-order valence-electron chi connectivity index (χ0n) is 11.0. The Balaban J connectivity index is 1.85. The average molecular weight is 243 g/mol. The van der Waals surface area contributed by atoms with Crippen molar-refractivity contribution in [1.29, 1.82) is 5.26 Å². The van der Waals surface area contributed by atoms with E-state index < -0.39 is 0 Å². The van der Waals surface area contributed by atoms with E-state index in [0.29, 0.717) is 6.04 Å². The van der Waals surface area contributed by atoms with Gasteiger partial charge in [-0.2, -0.15) is 5.26 Å². The van der Waals surface area contributed by atoms with E-state index in [1.807, 2.05) is 6.92 Å². The van der Waals surface area contributed by atoms with Gasteiger partial charge in [0.25, 0.3) is 0 Å². The topological polar surface area (TPSA) is 39.1 Å². The molecule has 2 rings (SSSR count). The van der Waals surface area contributed by atoms with Crippen molar-refractivity contribution in [3.05, 3.63) is 35.9 Å². The zero-order valence-corrected chi connectivity index (χ0v) is 11.0. The fraction of sp³-hybridized carbons (Fsp3) is 0.533. The highest BCUT2D eigenvalue weighted by Gasteiger charge is 2.20. The van der Waals surface area contributed by atoms with Gasteiger partial charge in [0.1, 0.15) is 0 Å². The summed E-state index contributed by atoms with van der Waals surface area (Å²) < 4.78 is 0. The summed E-state index contributed by atoms with van der Waals surface area (Å²) in [7, 11) is 0. The van der Waals surface area contributed by atoms with Gasteiger partial charge >= 0.3 is 0 Å². The predicted octanol–water partition coefficient (Wildman–Crippen LogP) is 2.15. The maximum atomic E-state index is 8.84. The summed E-state index contributed by atoms with van der Waals surface area (Å²) in [5, 5.41) is 12.2. The van der Waals surface area contributed by atoms with Gasteiger partial charge in [-0.25, -0.2) is 0 Å². The molecule has 1 fully saturated rings. The molecule has 0 saturated carbocycles. The number of nitriles is 1. The summed E-state index contributed by atoms with van der Waals surface area (Å²) >= 11 is 0. The Hall–Kier alpha value is -1.37. The van der Waals surface area contributed by atoms with Gasteiger partial charge in [-0.15, -0.1) is 0 Å². The van der Waals surface area contributed by atoms with Gasteiger partial charge in [0, 0.05) is 19.1 Å². The van der Waals surface area contributed by atoms with Gasteiger partial charge in [-0.3, -0.25) is 10.2 Å². The van der Waals surface area contributed by atoms with Crippen LogP contribution >= 0.6 is 0 Å². The molecule has 0 radical (unpaired) electrons. The van der Waals surface area contributed by atoms with Crippen molar-refractivity contribution >= 4 is 0 Å². The van der Waals surface area contributed by atoms with Crippen molar-refractivity contribution in [2.45, 2.75) is 38.4 Å². The normalized spacial score (nSPS) is 22.3.